The van der Waals surface area contributed by atoms with Gasteiger partial charge < -0.3 is 9.73 Å². The number of pyridine rings is 1. The van der Waals surface area contributed by atoms with Gasteiger partial charge in [-0.1, -0.05) is 24.6 Å². The summed E-state index contributed by atoms with van der Waals surface area (Å²) in [6.07, 6.45) is 2.02. The number of sulfonamides is 1. The predicted octanol–water partition coefficient (Wildman–Crippen LogP) is 3.97. The van der Waals surface area contributed by atoms with Crippen LogP contribution >= 0.6 is 0 Å². The Morgan fingerprint density at radius 1 is 1.14 bits per heavy atom. The molecule has 2 N–H and O–H groups in total. The Morgan fingerprint density at radius 3 is 2.55 bits per heavy atom. The Morgan fingerprint density at radius 2 is 1.93 bits per heavy atom. The van der Waals surface area contributed by atoms with Crippen molar-refractivity contribution in [3.63, 3.8) is 0 Å². The molecule has 0 aliphatic heterocycles. The van der Waals surface area contributed by atoms with E-state index >= 15 is 0 Å². The van der Waals surface area contributed by atoms with Crippen molar-refractivity contribution in [2.24, 2.45) is 0 Å². The molecule has 1 atom stereocenters. The van der Waals surface area contributed by atoms with Gasteiger partial charge in [0, 0.05) is 6.20 Å². The zero-order chi connectivity index (χ0) is 21.0. The number of carbonyl (C=O) groups excluding carboxylic acids is 1. The summed E-state index contributed by atoms with van der Waals surface area (Å²) in [4.78, 5) is 16.9. The Bertz CT molecular complexity index is 1110. The van der Waals surface area contributed by atoms with Gasteiger partial charge in [-0.25, -0.2) is 4.98 Å². The summed E-state index contributed by atoms with van der Waals surface area (Å²) in [7, 11) is -3.92. The van der Waals surface area contributed by atoms with E-state index in [1.165, 1.54) is 12.3 Å². The topological polar surface area (TPSA) is 101 Å². The average Bonchev–Trinajstić information content (AvgIpc) is 3.14. The van der Waals surface area contributed by atoms with Gasteiger partial charge in [-0.15, -0.1) is 0 Å². The fourth-order valence-electron chi connectivity index (χ4n) is 2.89. The molecular weight excluding hydrogens is 390 g/mol. The molecule has 0 spiro atoms. The van der Waals surface area contributed by atoms with E-state index in [9.17, 15) is 13.2 Å². The Labute approximate surface area is 170 Å². The highest BCUT2D eigenvalue weighted by molar-refractivity contribution is 7.92. The zero-order valence-corrected chi connectivity index (χ0v) is 17.3. The minimum atomic E-state index is -3.92. The molecule has 7 nitrogen and oxygen atoms in total. The van der Waals surface area contributed by atoms with Crippen molar-refractivity contribution in [2.75, 3.05) is 4.72 Å². The molecule has 29 heavy (non-hydrogen) atoms. The van der Waals surface area contributed by atoms with Gasteiger partial charge in [-0.2, -0.15) is 8.42 Å². The van der Waals surface area contributed by atoms with Gasteiger partial charge in [0.1, 0.15) is 11.5 Å². The minimum Gasteiger partial charge on any atom is -0.464 e. The molecule has 3 rings (SSSR count). The summed E-state index contributed by atoms with van der Waals surface area (Å²) in [5, 5.41) is 2.80. The van der Waals surface area contributed by atoms with Crippen LogP contribution in [0.1, 0.15) is 46.8 Å². The van der Waals surface area contributed by atoms with Crippen molar-refractivity contribution in [3.05, 3.63) is 77.4 Å². The van der Waals surface area contributed by atoms with Crippen LogP contribution in [0.5, 0.6) is 0 Å². The second kappa shape index (κ2) is 8.48. The number of furan rings is 1. The maximum absolute atomic E-state index is 13.0. The first-order valence-corrected chi connectivity index (χ1v) is 10.7. The van der Waals surface area contributed by atoms with E-state index in [4.69, 9.17) is 4.42 Å². The number of carbonyl (C=O) groups is 1. The zero-order valence-electron chi connectivity index (χ0n) is 16.5. The van der Waals surface area contributed by atoms with Crippen LogP contribution in [-0.4, -0.2) is 19.3 Å². The number of benzene rings is 1. The normalized spacial score (nSPS) is 12.4. The van der Waals surface area contributed by atoms with Crippen molar-refractivity contribution >= 4 is 21.6 Å². The number of rotatable bonds is 7. The number of aromatic nitrogens is 1. The molecular formula is C21H23N3O4S. The quantitative estimate of drug-likeness (QED) is 0.610. The maximum Gasteiger partial charge on any atom is 0.279 e. The smallest absolute Gasteiger partial charge is 0.279 e. The molecule has 152 valence electrons. The third-order valence-electron chi connectivity index (χ3n) is 4.40. The molecule has 0 bridgehead atoms. The first-order valence-electron chi connectivity index (χ1n) is 9.22. The molecule has 0 radical (unpaired) electrons. The van der Waals surface area contributed by atoms with Crippen LogP contribution in [0, 0.1) is 13.8 Å². The van der Waals surface area contributed by atoms with E-state index in [-0.39, 0.29) is 22.3 Å². The fraction of sp³-hybridized carbons (Fsp3) is 0.238. The number of nitrogens with one attached hydrogen (secondary N) is 2. The molecule has 2 heterocycles. The summed E-state index contributed by atoms with van der Waals surface area (Å²) in [5.41, 5.74) is 1.24. The lowest BCUT2D eigenvalue weighted by atomic mass is 10.1. The highest BCUT2D eigenvalue weighted by atomic mass is 32.2. The van der Waals surface area contributed by atoms with Crippen LogP contribution in [0.3, 0.4) is 0 Å². The first-order chi connectivity index (χ1) is 13.8. The number of hydrogen-bond donors (Lipinski definition) is 2. The van der Waals surface area contributed by atoms with Crippen molar-refractivity contribution in [1.29, 1.82) is 0 Å². The highest BCUT2D eigenvalue weighted by Gasteiger charge is 2.22. The third kappa shape index (κ3) is 4.83. The minimum absolute atomic E-state index is 0.121. The second-order valence-corrected chi connectivity index (χ2v) is 8.33. The molecule has 8 heteroatoms. The van der Waals surface area contributed by atoms with E-state index in [0.29, 0.717) is 12.2 Å². The maximum atomic E-state index is 13.0. The summed E-state index contributed by atoms with van der Waals surface area (Å²) in [5.74, 6) is 1.02. The first kappa shape index (κ1) is 20.6. The second-order valence-electron chi connectivity index (χ2n) is 6.71. The molecule has 1 aromatic carbocycles. The van der Waals surface area contributed by atoms with Gasteiger partial charge in [-0.05, 0) is 56.7 Å². The number of nitrogens with zero attached hydrogens (tertiary/aromatic N) is 1. The van der Waals surface area contributed by atoms with Crippen molar-refractivity contribution in [2.45, 2.75) is 38.3 Å². The molecule has 0 aliphatic carbocycles. The van der Waals surface area contributed by atoms with Gasteiger partial charge >= 0.3 is 0 Å². The number of hydrogen-bond acceptors (Lipinski definition) is 5. The van der Waals surface area contributed by atoms with Gasteiger partial charge in [-0.3, -0.25) is 9.52 Å². The van der Waals surface area contributed by atoms with Crippen LogP contribution in [0.15, 0.2) is 64.2 Å². The number of amides is 1. The molecule has 0 aliphatic rings. The Kier molecular flexibility index (Phi) is 6.03. The summed E-state index contributed by atoms with van der Waals surface area (Å²) in [6, 6.07) is 12.9. The van der Waals surface area contributed by atoms with E-state index in [2.05, 4.69) is 15.0 Å². The lowest BCUT2D eigenvalue weighted by Crippen LogP contribution is -2.29. The van der Waals surface area contributed by atoms with Gasteiger partial charge in [0.2, 0.25) is 0 Å². The Balaban J connectivity index is 1.89. The molecule has 1 unspecified atom stereocenters. The van der Waals surface area contributed by atoms with Gasteiger partial charge in [0.15, 0.2) is 5.03 Å². The van der Waals surface area contributed by atoms with Crippen molar-refractivity contribution in [3.8, 4) is 0 Å². The largest absolute Gasteiger partial charge is 0.464 e. The SMILES string of the molecule is CCC(NC(=O)c1cc(C)ccc1NS(=O)(=O)c1ccccn1)c1ccc(C)o1. The summed E-state index contributed by atoms with van der Waals surface area (Å²) >= 11 is 0. The van der Waals surface area contributed by atoms with Crippen molar-refractivity contribution < 1.29 is 17.6 Å². The van der Waals surface area contributed by atoms with Crippen LogP contribution < -0.4 is 10.0 Å². The summed E-state index contributed by atoms with van der Waals surface area (Å²) in [6.45, 7) is 5.60. The number of anilines is 1. The lowest BCUT2D eigenvalue weighted by molar-refractivity contribution is 0.0931. The van der Waals surface area contributed by atoms with Crippen LogP contribution in [0.4, 0.5) is 5.69 Å². The molecule has 0 saturated heterocycles. The monoisotopic (exact) mass is 413 g/mol. The molecule has 2 aromatic heterocycles. The highest BCUT2D eigenvalue weighted by Crippen LogP contribution is 2.24. The number of aryl methyl sites for hydroxylation is 2. The van der Waals surface area contributed by atoms with Crippen molar-refractivity contribution in [1.82, 2.24) is 10.3 Å². The average molecular weight is 413 g/mol. The predicted molar refractivity (Wildman–Crippen MR) is 110 cm³/mol. The molecule has 0 saturated carbocycles. The van der Waals surface area contributed by atoms with E-state index in [1.54, 1.807) is 30.3 Å². The van der Waals surface area contributed by atoms with E-state index in [1.807, 2.05) is 32.9 Å². The molecule has 1 amide bonds. The standard InChI is InChI=1S/C21H23N3O4S/c1-4-17(19-11-9-15(3)28-19)23-21(25)16-13-14(2)8-10-18(16)24-29(26,27)20-7-5-6-12-22-20/h5-13,17,24H,4H2,1-3H3,(H,23,25). The summed E-state index contributed by atoms with van der Waals surface area (Å²) < 4.78 is 33.4. The van der Waals surface area contributed by atoms with E-state index in [0.717, 1.165) is 11.3 Å². The molecule has 3 aromatic rings. The van der Waals surface area contributed by atoms with Crippen LogP contribution in [0.2, 0.25) is 0 Å². The van der Waals surface area contributed by atoms with E-state index < -0.39 is 15.9 Å². The van der Waals surface area contributed by atoms with Gasteiger partial charge in [0.25, 0.3) is 15.9 Å². The van der Waals surface area contributed by atoms with Crippen LogP contribution in [-0.2, 0) is 10.0 Å². The van der Waals surface area contributed by atoms with Crippen LogP contribution in [0.25, 0.3) is 0 Å². The Hall–Kier alpha value is -3.13. The fourth-order valence-corrected chi connectivity index (χ4v) is 3.92. The van der Waals surface area contributed by atoms with Gasteiger partial charge in [0.05, 0.1) is 17.3 Å². The molecule has 0 fully saturated rings. The lowest BCUT2D eigenvalue weighted by Gasteiger charge is -2.17. The third-order valence-corrected chi connectivity index (χ3v) is 5.68.